The van der Waals surface area contributed by atoms with Crippen LogP contribution in [0.3, 0.4) is 0 Å². The molecular weight excluding hydrogens is 412 g/mol. The summed E-state index contributed by atoms with van der Waals surface area (Å²) in [7, 11) is 0. The standard InChI is InChI=1S/C23H30N4O3S/c1-3-16(4-2)21(27-14-24-13-25-27)18-10-11-19-20(12-18)31-23(26-19)30-15-29-22(28)17-8-6-5-7-9-17/h10-14,16-17,21H,3-9,15H2,1-2H3. The number of esters is 1. The van der Waals surface area contributed by atoms with Crippen LogP contribution in [0.1, 0.15) is 70.4 Å². The molecular formula is C23H30N4O3S. The van der Waals surface area contributed by atoms with Gasteiger partial charge < -0.3 is 9.47 Å². The molecule has 4 rings (SSSR count). The summed E-state index contributed by atoms with van der Waals surface area (Å²) >= 11 is 1.47. The van der Waals surface area contributed by atoms with Crippen molar-refractivity contribution in [2.45, 2.75) is 64.8 Å². The molecule has 1 atom stereocenters. The lowest BCUT2D eigenvalue weighted by Gasteiger charge is -2.25. The number of carbonyl (C=O) groups is 1. The van der Waals surface area contributed by atoms with E-state index in [1.54, 1.807) is 12.7 Å². The Kier molecular flexibility index (Phi) is 7.17. The number of aromatic nitrogens is 4. The molecule has 1 saturated carbocycles. The number of benzene rings is 1. The Balaban J connectivity index is 1.45. The molecule has 1 unspecified atom stereocenters. The first kappa shape index (κ1) is 21.7. The van der Waals surface area contributed by atoms with Gasteiger partial charge in [-0.05, 0) is 36.5 Å². The zero-order chi connectivity index (χ0) is 21.6. The quantitative estimate of drug-likeness (QED) is 0.327. The fourth-order valence-corrected chi connectivity index (χ4v) is 5.35. The first-order valence-electron chi connectivity index (χ1n) is 11.2. The summed E-state index contributed by atoms with van der Waals surface area (Å²) in [5.41, 5.74) is 2.06. The monoisotopic (exact) mass is 442 g/mol. The molecule has 0 N–H and O–H groups in total. The van der Waals surface area contributed by atoms with Crippen LogP contribution in [0.2, 0.25) is 0 Å². The summed E-state index contributed by atoms with van der Waals surface area (Å²) in [5.74, 6) is 0.333. The molecule has 7 nitrogen and oxygen atoms in total. The second kappa shape index (κ2) is 10.2. The van der Waals surface area contributed by atoms with Gasteiger partial charge in [0.25, 0.3) is 5.19 Å². The van der Waals surface area contributed by atoms with Gasteiger partial charge in [0.2, 0.25) is 6.79 Å². The van der Waals surface area contributed by atoms with Crippen molar-refractivity contribution in [1.82, 2.24) is 19.7 Å². The number of thiazole rings is 1. The van der Waals surface area contributed by atoms with Gasteiger partial charge in [0.1, 0.15) is 12.7 Å². The van der Waals surface area contributed by atoms with Gasteiger partial charge in [0.05, 0.1) is 22.2 Å². The first-order valence-corrected chi connectivity index (χ1v) is 12.0. The Morgan fingerprint density at radius 1 is 1.23 bits per heavy atom. The van der Waals surface area contributed by atoms with E-state index >= 15 is 0 Å². The highest BCUT2D eigenvalue weighted by atomic mass is 32.1. The average molecular weight is 443 g/mol. The van der Waals surface area contributed by atoms with Crippen LogP contribution in [0.25, 0.3) is 10.2 Å². The lowest BCUT2D eigenvalue weighted by Crippen LogP contribution is -2.22. The Labute approximate surface area is 186 Å². The topological polar surface area (TPSA) is 79.1 Å². The molecule has 0 spiro atoms. The van der Waals surface area contributed by atoms with Crippen LogP contribution >= 0.6 is 11.3 Å². The van der Waals surface area contributed by atoms with Crippen LogP contribution in [-0.2, 0) is 9.53 Å². The molecule has 31 heavy (non-hydrogen) atoms. The number of hydrogen-bond acceptors (Lipinski definition) is 7. The number of carbonyl (C=O) groups excluding carboxylic acids is 1. The van der Waals surface area contributed by atoms with E-state index in [1.807, 2.05) is 10.7 Å². The van der Waals surface area contributed by atoms with E-state index in [0.29, 0.717) is 11.1 Å². The third-order valence-corrected chi connectivity index (χ3v) is 7.20. The Bertz CT molecular complexity index is 978. The molecule has 1 aromatic carbocycles. The van der Waals surface area contributed by atoms with Gasteiger partial charge in [0.15, 0.2) is 0 Å². The second-order valence-electron chi connectivity index (χ2n) is 8.16. The van der Waals surface area contributed by atoms with Crippen molar-refractivity contribution in [3.8, 4) is 5.19 Å². The summed E-state index contributed by atoms with van der Waals surface area (Å²) in [6.45, 7) is 4.34. The Morgan fingerprint density at radius 3 is 2.74 bits per heavy atom. The lowest BCUT2D eigenvalue weighted by atomic mass is 9.89. The van der Waals surface area contributed by atoms with Gasteiger partial charge in [-0.15, -0.1) is 0 Å². The Morgan fingerprint density at radius 2 is 2.03 bits per heavy atom. The van der Waals surface area contributed by atoms with E-state index in [4.69, 9.17) is 9.47 Å². The maximum absolute atomic E-state index is 12.2. The van der Waals surface area contributed by atoms with Gasteiger partial charge >= 0.3 is 5.97 Å². The van der Waals surface area contributed by atoms with Crippen molar-refractivity contribution < 1.29 is 14.3 Å². The van der Waals surface area contributed by atoms with E-state index < -0.39 is 0 Å². The number of fused-ring (bicyclic) bond motifs is 1. The summed E-state index contributed by atoms with van der Waals surface area (Å²) in [6, 6.07) is 6.43. The number of ether oxygens (including phenoxy) is 2. The molecule has 0 aliphatic heterocycles. The first-order chi connectivity index (χ1) is 15.2. The molecule has 1 aliphatic carbocycles. The molecule has 2 heterocycles. The number of nitrogens with zero attached hydrogens (tertiary/aromatic N) is 4. The van der Waals surface area contributed by atoms with Crippen LogP contribution in [0, 0.1) is 11.8 Å². The third-order valence-electron chi connectivity index (χ3n) is 6.27. The van der Waals surface area contributed by atoms with E-state index in [-0.39, 0.29) is 24.7 Å². The second-order valence-corrected chi connectivity index (χ2v) is 9.16. The molecule has 8 heteroatoms. The number of rotatable bonds is 9. The molecule has 0 radical (unpaired) electrons. The molecule has 0 saturated heterocycles. The number of hydrogen-bond donors (Lipinski definition) is 0. The minimum absolute atomic E-state index is 0.0223. The smallest absolute Gasteiger partial charge is 0.311 e. The highest BCUT2D eigenvalue weighted by Gasteiger charge is 2.24. The summed E-state index contributed by atoms with van der Waals surface area (Å²) in [4.78, 5) is 20.9. The summed E-state index contributed by atoms with van der Waals surface area (Å²) in [6.07, 6.45) is 10.8. The third kappa shape index (κ3) is 5.06. The zero-order valence-electron chi connectivity index (χ0n) is 18.2. The maximum atomic E-state index is 12.2. The lowest BCUT2D eigenvalue weighted by molar-refractivity contribution is -0.156. The van der Waals surface area contributed by atoms with Crippen LogP contribution in [0.5, 0.6) is 5.19 Å². The molecule has 1 fully saturated rings. The minimum Gasteiger partial charge on any atom is -0.432 e. The van der Waals surface area contributed by atoms with Crippen LogP contribution in [0.15, 0.2) is 30.9 Å². The van der Waals surface area contributed by atoms with Gasteiger partial charge in [-0.2, -0.15) is 5.10 Å². The van der Waals surface area contributed by atoms with Crippen molar-refractivity contribution in [1.29, 1.82) is 0 Å². The predicted octanol–water partition coefficient (Wildman–Crippen LogP) is 5.37. The fraction of sp³-hybridized carbons (Fsp3) is 0.565. The molecule has 2 aromatic heterocycles. The highest BCUT2D eigenvalue weighted by Crippen LogP contribution is 2.35. The Hall–Kier alpha value is -2.48. The van der Waals surface area contributed by atoms with E-state index in [2.05, 4.69) is 41.0 Å². The zero-order valence-corrected chi connectivity index (χ0v) is 19.0. The maximum Gasteiger partial charge on any atom is 0.311 e. The van der Waals surface area contributed by atoms with E-state index in [9.17, 15) is 4.79 Å². The largest absolute Gasteiger partial charge is 0.432 e. The normalized spacial score (nSPS) is 16.0. The molecule has 166 valence electrons. The van der Waals surface area contributed by atoms with Gasteiger partial charge in [-0.25, -0.2) is 14.6 Å². The van der Waals surface area contributed by atoms with Crippen LogP contribution in [-0.4, -0.2) is 32.5 Å². The minimum atomic E-state index is -0.149. The predicted molar refractivity (Wildman–Crippen MR) is 120 cm³/mol. The van der Waals surface area contributed by atoms with Crippen molar-refractivity contribution >= 4 is 27.5 Å². The van der Waals surface area contributed by atoms with E-state index in [0.717, 1.165) is 48.7 Å². The van der Waals surface area contributed by atoms with Crippen molar-refractivity contribution in [3.05, 3.63) is 36.4 Å². The van der Waals surface area contributed by atoms with Crippen molar-refractivity contribution in [3.63, 3.8) is 0 Å². The molecule has 1 aliphatic rings. The van der Waals surface area contributed by atoms with Crippen molar-refractivity contribution in [2.75, 3.05) is 6.79 Å². The highest BCUT2D eigenvalue weighted by molar-refractivity contribution is 7.20. The van der Waals surface area contributed by atoms with Crippen LogP contribution < -0.4 is 4.74 Å². The average Bonchev–Trinajstić information content (AvgIpc) is 3.47. The molecule has 0 bridgehead atoms. The van der Waals surface area contributed by atoms with Crippen LogP contribution in [0.4, 0.5) is 0 Å². The molecule has 3 aromatic rings. The van der Waals surface area contributed by atoms with Gasteiger partial charge in [0, 0.05) is 0 Å². The van der Waals surface area contributed by atoms with E-state index in [1.165, 1.54) is 23.3 Å². The summed E-state index contributed by atoms with van der Waals surface area (Å²) in [5, 5.41) is 4.93. The van der Waals surface area contributed by atoms with Crippen molar-refractivity contribution in [2.24, 2.45) is 11.8 Å². The van der Waals surface area contributed by atoms with Gasteiger partial charge in [-0.3, -0.25) is 4.79 Å². The molecule has 0 amide bonds. The summed E-state index contributed by atoms with van der Waals surface area (Å²) < 4.78 is 14.0. The fourth-order valence-electron chi connectivity index (χ4n) is 4.50. The van der Waals surface area contributed by atoms with Gasteiger partial charge in [-0.1, -0.05) is 63.4 Å². The SMILES string of the molecule is CCC(CC)C(c1ccc2nc(OCOC(=O)C3CCCCC3)sc2c1)n1cncn1.